The highest BCUT2D eigenvalue weighted by molar-refractivity contribution is 5.97. The maximum absolute atomic E-state index is 14.2. The second-order valence-electron chi connectivity index (χ2n) is 10.8. The van der Waals surface area contributed by atoms with Crippen molar-refractivity contribution in [3.8, 4) is 29.1 Å². The highest BCUT2D eigenvalue weighted by atomic mass is 19.1. The van der Waals surface area contributed by atoms with Crippen molar-refractivity contribution in [3.63, 3.8) is 0 Å². The molecule has 0 aliphatic carbocycles. The molecule has 0 spiro atoms. The molecule has 1 atom stereocenters. The Morgan fingerprint density at radius 1 is 1.00 bits per heavy atom. The lowest BCUT2D eigenvalue weighted by atomic mass is 9.83. The van der Waals surface area contributed by atoms with E-state index in [9.17, 15) is 14.4 Å². The number of benzene rings is 4. The largest absolute Gasteiger partial charge is 0.490 e. The second-order valence-corrected chi connectivity index (χ2v) is 10.8. The molecule has 1 aliphatic heterocycles. The van der Waals surface area contributed by atoms with Crippen LogP contribution in [0.4, 0.5) is 4.39 Å². The summed E-state index contributed by atoms with van der Waals surface area (Å²) in [5.41, 5.74) is 10.6. The van der Waals surface area contributed by atoms with E-state index in [4.69, 9.17) is 29.1 Å². The summed E-state index contributed by atoms with van der Waals surface area (Å²) in [6.07, 6.45) is 0.863. The smallest absolute Gasteiger partial charge is 0.379 e. The molecule has 2 N–H and O–H groups in total. The molecular weight excluding hydrogens is 587 g/mol. The molecular formula is C37H31FN2O6. The fraction of sp³-hybridized carbons (Fsp3) is 0.189. The quantitative estimate of drug-likeness (QED) is 0.131. The van der Waals surface area contributed by atoms with Gasteiger partial charge in [-0.2, -0.15) is 5.26 Å². The minimum atomic E-state index is -0.646. The highest BCUT2D eigenvalue weighted by Gasteiger charge is 2.32. The number of rotatable bonds is 9. The third kappa shape index (κ3) is 5.73. The van der Waals surface area contributed by atoms with Crippen molar-refractivity contribution >= 4 is 16.9 Å². The van der Waals surface area contributed by atoms with Gasteiger partial charge in [-0.25, -0.2) is 9.18 Å². The third-order valence-corrected chi connectivity index (χ3v) is 7.94. The Morgan fingerprint density at radius 3 is 2.59 bits per heavy atom. The van der Waals surface area contributed by atoms with Crippen LogP contribution in [0, 0.1) is 24.1 Å². The molecule has 6 rings (SSSR count). The van der Waals surface area contributed by atoms with E-state index in [0.717, 1.165) is 17.4 Å². The summed E-state index contributed by atoms with van der Waals surface area (Å²) >= 11 is 0. The van der Waals surface area contributed by atoms with Crippen molar-refractivity contribution in [1.82, 2.24) is 0 Å². The number of ether oxygens (including phenoxy) is 4. The third-order valence-electron chi connectivity index (χ3n) is 7.94. The zero-order valence-electron chi connectivity index (χ0n) is 25.6. The summed E-state index contributed by atoms with van der Waals surface area (Å²) in [4.78, 5) is 13.2. The van der Waals surface area contributed by atoms with Gasteiger partial charge in [0.25, 0.3) is 0 Å². The van der Waals surface area contributed by atoms with Crippen molar-refractivity contribution in [1.29, 1.82) is 5.26 Å². The molecule has 2 heterocycles. The van der Waals surface area contributed by atoms with E-state index in [2.05, 4.69) is 13.0 Å². The van der Waals surface area contributed by atoms with Crippen LogP contribution in [0.1, 0.15) is 58.1 Å². The zero-order valence-corrected chi connectivity index (χ0v) is 25.6. The van der Waals surface area contributed by atoms with Gasteiger partial charge in [-0.3, -0.25) is 0 Å². The minimum absolute atomic E-state index is 0.0112. The van der Waals surface area contributed by atoms with Crippen LogP contribution in [0.3, 0.4) is 0 Å². The number of furan rings is 1. The first-order valence-electron chi connectivity index (χ1n) is 14.9. The fourth-order valence-electron chi connectivity index (χ4n) is 5.54. The second kappa shape index (κ2) is 12.7. The molecule has 1 aliphatic rings. The molecule has 1 unspecified atom stereocenters. The lowest BCUT2D eigenvalue weighted by Gasteiger charge is -2.27. The number of hydrogen-bond acceptors (Lipinski definition) is 8. The Bertz CT molecular complexity index is 2040. The van der Waals surface area contributed by atoms with Crippen molar-refractivity contribution in [3.05, 3.63) is 130 Å². The number of aryl methyl sites for hydroxylation is 2. The highest BCUT2D eigenvalue weighted by Crippen LogP contribution is 2.45. The summed E-state index contributed by atoms with van der Waals surface area (Å²) in [5, 5.41) is 10.9. The summed E-state index contributed by atoms with van der Waals surface area (Å²) in [7, 11) is 0. The van der Waals surface area contributed by atoms with Crippen molar-refractivity contribution in [2.45, 2.75) is 39.7 Å². The van der Waals surface area contributed by atoms with Crippen molar-refractivity contribution in [2.24, 2.45) is 5.73 Å². The lowest BCUT2D eigenvalue weighted by molar-refractivity contribution is 0.0702. The normalized spacial score (nSPS) is 13.9. The van der Waals surface area contributed by atoms with Crippen molar-refractivity contribution < 1.29 is 32.5 Å². The molecule has 4 aromatic carbocycles. The van der Waals surface area contributed by atoms with Crippen LogP contribution < -0.4 is 24.7 Å². The number of nitrogens with two attached hydrogens (primary N) is 1. The summed E-state index contributed by atoms with van der Waals surface area (Å²) in [5.74, 6) is -0.165. The Labute approximate surface area is 265 Å². The first-order chi connectivity index (χ1) is 22.3. The number of esters is 1. The van der Waals surface area contributed by atoms with Gasteiger partial charge >= 0.3 is 5.97 Å². The maximum Gasteiger partial charge on any atom is 0.379 e. The Morgan fingerprint density at radius 2 is 1.83 bits per heavy atom. The van der Waals surface area contributed by atoms with Gasteiger partial charge in [0.1, 0.15) is 41.1 Å². The zero-order chi connectivity index (χ0) is 32.4. The van der Waals surface area contributed by atoms with Crippen LogP contribution >= 0.6 is 0 Å². The van der Waals surface area contributed by atoms with Gasteiger partial charge < -0.3 is 29.1 Å². The first kappa shape index (κ1) is 30.3. The maximum atomic E-state index is 14.2. The fourth-order valence-corrected chi connectivity index (χ4v) is 5.54. The van der Waals surface area contributed by atoms with Gasteiger partial charge in [-0.15, -0.1) is 0 Å². The first-order valence-corrected chi connectivity index (χ1v) is 14.9. The van der Waals surface area contributed by atoms with E-state index in [1.807, 2.05) is 32.0 Å². The molecule has 0 radical (unpaired) electrons. The number of fused-ring (bicyclic) bond motifs is 2. The van der Waals surface area contributed by atoms with Gasteiger partial charge in [-0.05, 0) is 67.8 Å². The van der Waals surface area contributed by atoms with E-state index in [1.54, 1.807) is 54.6 Å². The average Bonchev–Trinajstić information content (AvgIpc) is 3.39. The number of hydrogen-bond donors (Lipinski definition) is 1. The van der Waals surface area contributed by atoms with Gasteiger partial charge in [0, 0.05) is 28.1 Å². The van der Waals surface area contributed by atoms with Gasteiger partial charge in [0.15, 0.2) is 11.5 Å². The Kier molecular flexibility index (Phi) is 8.36. The molecule has 0 fully saturated rings. The van der Waals surface area contributed by atoms with E-state index >= 15 is 0 Å². The topological polar surface area (TPSA) is 117 Å². The number of allylic oxidation sites excluding steroid dienone is 1. The number of nitrogens with zero attached hydrogens (tertiary/aromatic N) is 1. The Balaban J connectivity index is 1.29. The monoisotopic (exact) mass is 618 g/mol. The van der Waals surface area contributed by atoms with Crippen LogP contribution in [0.5, 0.6) is 23.0 Å². The molecule has 9 heteroatoms. The molecule has 0 saturated carbocycles. The molecule has 0 saturated heterocycles. The van der Waals surface area contributed by atoms with Crippen LogP contribution in [0.25, 0.3) is 11.0 Å². The predicted octanol–water partition coefficient (Wildman–Crippen LogP) is 7.86. The van der Waals surface area contributed by atoms with Gasteiger partial charge in [0.05, 0.1) is 12.5 Å². The summed E-state index contributed by atoms with van der Waals surface area (Å²) < 4.78 is 43.4. The average molecular weight is 619 g/mol. The minimum Gasteiger partial charge on any atom is -0.490 e. The summed E-state index contributed by atoms with van der Waals surface area (Å²) in [6, 6.07) is 24.6. The summed E-state index contributed by atoms with van der Waals surface area (Å²) in [6.45, 7) is 6.09. The van der Waals surface area contributed by atoms with E-state index in [0.29, 0.717) is 51.7 Å². The standard InChI is InChI=1S/C37H31FN2O6/c1-4-22-10-14-30-27(16-22)21(3)35(45-30)37(41)44-25-12-13-26-32(18-25)46-36(40)28(19-39)34(26)23-11-15-31(33(17-23)42-5-2)43-20-24-8-6-7-9-29(24)38/h6-18,34H,4-5,20,40H2,1-3H3. The van der Waals surface area contributed by atoms with Crippen LogP contribution in [-0.4, -0.2) is 12.6 Å². The molecule has 46 heavy (non-hydrogen) atoms. The van der Waals surface area contributed by atoms with E-state index < -0.39 is 11.9 Å². The molecule has 1 aromatic heterocycles. The number of carbonyl (C=O) groups excluding carboxylic acids is 1. The predicted molar refractivity (Wildman–Crippen MR) is 169 cm³/mol. The molecule has 232 valence electrons. The van der Waals surface area contributed by atoms with E-state index in [1.165, 1.54) is 6.07 Å². The number of carbonyl (C=O) groups is 1. The molecule has 5 aromatic rings. The van der Waals surface area contributed by atoms with Crippen molar-refractivity contribution in [2.75, 3.05) is 6.61 Å². The molecule has 0 amide bonds. The van der Waals surface area contributed by atoms with Gasteiger partial charge in [-0.1, -0.05) is 43.3 Å². The molecule has 0 bridgehead atoms. The van der Waals surface area contributed by atoms with E-state index in [-0.39, 0.29) is 35.4 Å². The van der Waals surface area contributed by atoms with Crippen LogP contribution in [0.2, 0.25) is 0 Å². The van der Waals surface area contributed by atoms with Crippen LogP contribution in [-0.2, 0) is 13.0 Å². The van der Waals surface area contributed by atoms with Gasteiger partial charge in [0.2, 0.25) is 11.6 Å². The number of nitriles is 1. The number of halogens is 1. The van der Waals surface area contributed by atoms with Crippen LogP contribution in [0.15, 0.2) is 94.7 Å². The molecule has 8 nitrogen and oxygen atoms in total. The lowest BCUT2D eigenvalue weighted by Crippen LogP contribution is -2.21. The Hall–Kier alpha value is -5.75. The SMILES string of the molecule is CCOc1cc(C2C(C#N)=C(N)Oc3cc(OC(=O)c4oc5ccc(CC)cc5c4C)ccc32)ccc1OCc1ccccc1F.